The summed E-state index contributed by atoms with van der Waals surface area (Å²) in [4.78, 5) is 4.62. The van der Waals surface area contributed by atoms with Gasteiger partial charge in [0.1, 0.15) is 18.2 Å². The van der Waals surface area contributed by atoms with Gasteiger partial charge in [0.15, 0.2) is 0 Å². The summed E-state index contributed by atoms with van der Waals surface area (Å²) < 4.78 is 6.33. The Morgan fingerprint density at radius 3 is 2.96 bits per heavy atom. The van der Waals surface area contributed by atoms with Crippen LogP contribution in [0, 0.1) is 0 Å². The van der Waals surface area contributed by atoms with Crippen LogP contribution >= 0.6 is 11.8 Å². The Morgan fingerprint density at radius 2 is 2.19 bits per heavy atom. The van der Waals surface area contributed by atoms with Crippen LogP contribution in [0.5, 0.6) is 5.75 Å². The Bertz CT molecular complexity index is 805. The van der Waals surface area contributed by atoms with Crippen LogP contribution in [0.4, 0.5) is 5.82 Å². The van der Waals surface area contributed by atoms with Gasteiger partial charge >= 0.3 is 0 Å². The third-order valence-electron chi connectivity index (χ3n) is 4.67. The monoisotopic (exact) mass is 368 g/mol. The zero-order valence-corrected chi connectivity index (χ0v) is 16.5. The number of benzene rings is 1. The molecule has 0 saturated heterocycles. The summed E-state index contributed by atoms with van der Waals surface area (Å²) in [6, 6.07) is 8.09. The molecule has 0 amide bonds. The molecule has 138 valence electrons. The third kappa shape index (κ3) is 4.42. The van der Waals surface area contributed by atoms with Crippen LogP contribution in [0.15, 0.2) is 47.4 Å². The number of fused-ring (bicyclic) bond motifs is 1. The van der Waals surface area contributed by atoms with Crippen molar-refractivity contribution in [2.75, 3.05) is 12.3 Å². The van der Waals surface area contributed by atoms with E-state index in [4.69, 9.17) is 10.5 Å². The lowest BCUT2D eigenvalue weighted by molar-refractivity contribution is 0.352. The molecule has 2 aromatic rings. The maximum Gasteiger partial charge on any atom is 0.137 e. The molecule has 0 aliphatic carbocycles. The first-order chi connectivity index (χ1) is 12.7. The molecule has 1 aromatic carbocycles. The summed E-state index contributed by atoms with van der Waals surface area (Å²) in [6.07, 6.45) is 10.4. The highest BCUT2D eigenvalue weighted by Gasteiger charge is 2.24. The lowest BCUT2D eigenvalue weighted by atomic mass is 10.0. The van der Waals surface area contributed by atoms with Gasteiger partial charge in [-0.2, -0.15) is 0 Å². The second-order valence-electron chi connectivity index (χ2n) is 6.82. The van der Waals surface area contributed by atoms with Crippen molar-refractivity contribution in [2.24, 2.45) is 0 Å². The van der Waals surface area contributed by atoms with Gasteiger partial charge in [-0.25, -0.2) is 4.98 Å². The van der Waals surface area contributed by atoms with Gasteiger partial charge in [0.05, 0.1) is 11.1 Å². The predicted molar refractivity (Wildman–Crippen MR) is 114 cm³/mol. The number of aromatic nitrogens is 1. The molecule has 3 nitrogen and oxygen atoms in total. The molecule has 1 aliphatic heterocycles. The predicted octanol–water partition coefficient (Wildman–Crippen LogP) is 6.41. The molecule has 1 aromatic heterocycles. The van der Waals surface area contributed by atoms with E-state index in [2.05, 4.69) is 42.5 Å². The van der Waals surface area contributed by atoms with Crippen LogP contribution in [-0.2, 0) is 0 Å². The first-order valence-corrected chi connectivity index (χ1v) is 10.4. The number of thioether (sulfide) groups is 1. The van der Waals surface area contributed by atoms with E-state index >= 15 is 0 Å². The molecule has 2 N–H and O–H groups in total. The van der Waals surface area contributed by atoms with Crippen molar-refractivity contribution < 1.29 is 4.74 Å². The lowest BCUT2D eigenvalue weighted by Crippen LogP contribution is -2.08. The van der Waals surface area contributed by atoms with E-state index in [1.807, 2.05) is 18.2 Å². The second-order valence-corrected chi connectivity index (χ2v) is 7.94. The number of nitrogen functional groups attached to an aromatic ring is 1. The molecular weight excluding hydrogens is 340 g/mol. The van der Waals surface area contributed by atoms with Crippen molar-refractivity contribution in [3.05, 3.63) is 53.0 Å². The fraction of sp³-hybridized carbons (Fsp3) is 0.409. The fourth-order valence-corrected chi connectivity index (χ4v) is 4.24. The number of allylic oxidation sites excluding steroid dienone is 2. The number of rotatable bonds is 8. The third-order valence-corrected chi connectivity index (χ3v) is 5.77. The van der Waals surface area contributed by atoms with Crippen LogP contribution in [0.1, 0.15) is 56.8 Å². The highest BCUT2D eigenvalue weighted by atomic mass is 32.2. The van der Waals surface area contributed by atoms with Gasteiger partial charge in [-0.15, -0.1) is 11.8 Å². The summed E-state index contributed by atoms with van der Waals surface area (Å²) in [5, 5.41) is 3.47. The molecule has 2 heterocycles. The fourth-order valence-electron chi connectivity index (χ4n) is 3.24. The van der Waals surface area contributed by atoms with Gasteiger partial charge in [0.2, 0.25) is 0 Å². The van der Waals surface area contributed by atoms with Crippen LogP contribution < -0.4 is 10.5 Å². The van der Waals surface area contributed by atoms with Gasteiger partial charge in [-0.05, 0) is 49.3 Å². The standard InChI is InChI=1S/C22H28N2OS/c1-3-4-5-6-10-16(2)15-25-21-17-11-7-8-12-18(17)24-22(23)20(21)19-13-9-14-26-19/h7-12,14,19H,3-6,13,15H2,1-2H3,(H2,23,24). The van der Waals surface area contributed by atoms with Gasteiger partial charge in [0, 0.05) is 10.6 Å². The smallest absolute Gasteiger partial charge is 0.137 e. The number of pyridine rings is 1. The van der Waals surface area contributed by atoms with Crippen molar-refractivity contribution in [2.45, 2.75) is 51.2 Å². The molecule has 1 atom stereocenters. The molecule has 26 heavy (non-hydrogen) atoms. The van der Waals surface area contributed by atoms with Crippen LogP contribution in [0.2, 0.25) is 0 Å². The summed E-state index contributed by atoms with van der Waals surface area (Å²) in [7, 11) is 0. The number of nitrogens with zero attached hydrogens (tertiary/aromatic N) is 1. The van der Waals surface area contributed by atoms with E-state index in [0.717, 1.165) is 35.1 Å². The first kappa shape index (κ1) is 18.8. The minimum Gasteiger partial charge on any atom is -0.488 e. The summed E-state index contributed by atoms with van der Waals surface area (Å²) >= 11 is 1.79. The normalized spacial score (nSPS) is 17.2. The molecule has 0 bridgehead atoms. The number of hydrogen-bond donors (Lipinski definition) is 1. The molecule has 0 saturated carbocycles. The van der Waals surface area contributed by atoms with Crippen molar-refractivity contribution in [1.29, 1.82) is 0 Å². The quantitative estimate of drug-likeness (QED) is 0.432. The van der Waals surface area contributed by atoms with Crippen LogP contribution in [0.25, 0.3) is 10.9 Å². The lowest BCUT2D eigenvalue weighted by Gasteiger charge is -2.20. The van der Waals surface area contributed by atoms with E-state index in [-0.39, 0.29) is 5.25 Å². The molecule has 0 fully saturated rings. The SMILES string of the molecule is CCCCCC=C(C)COc1c(C2CC=CS2)c(N)nc2ccccc12. The Balaban J connectivity index is 1.86. The molecule has 1 unspecified atom stereocenters. The van der Waals surface area contributed by atoms with Gasteiger partial charge in [-0.1, -0.05) is 44.1 Å². The molecule has 3 rings (SSSR count). The van der Waals surface area contributed by atoms with Gasteiger partial charge in [0.25, 0.3) is 0 Å². The maximum absolute atomic E-state index is 6.34. The zero-order valence-electron chi connectivity index (χ0n) is 15.7. The van der Waals surface area contributed by atoms with E-state index in [0.29, 0.717) is 12.4 Å². The number of ether oxygens (including phenoxy) is 1. The minimum absolute atomic E-state index is 0.288. The Hall–Kier alpha value is -1.94. The van der Waals surface area contributed by atoms with Gasteiger partial charge in [-0.3, -0.25) is 0 Å². The maximum atomic E-state index is 6.34. The van der Waals surface area contributed by atoms with E-state index in [9.17, 15) is 0 Å². The molecule has 1 aliphatic rings. The number of nitrogens with two attached hydrogens (primary N) is 1. The van der Waals surface area contributed by atoms with Crippen LogP contribution in [0.3, 0.4) is 0 Å². The highest BCUT2D eigenvalue weighted by Crippen LogP contribution is 2.47. The van der Waals surface area contributed by atoms with Crippen LogP contribution in [-0.4, -0.2) is 11.6 Å². The Morgan fingerprint density at radius 1 is 1.35 bits per heavy atom. The molecule has 0 radical (unpaired) electrons. The van der Waals surface area contributed by atoms with Crippen molar-refractivity contribution in [3.63, 3.8) is 0 Å². The molecule has 4 heteroatoms. The Kier molecular flexibility index (Phi) is 6.62. The number of para-hydroxylation sites is 1. The first-order valence-electron chi connectivity index (χ1n) is 9.47. The average molecular weight is 369 g/mol. The molecule has 0 spiro atoms. The van der Waals surface area contributed by atoms with Crippen molar-refractivity contribution in [1.82, 2.24) is 4.98 Å². The number of unbranched alkanes of at least 4 members (excludes halogenated alkanes) is 3. The summed E-state index contributed by atoms with van der Waals surface area (Å²) in [5.74, 6) is 1.49. The summed E-state index contributed by atoms with van der Waals surface area (Å²) in [6.45, 7) is 4.97. The number of hydrogen-bond acceptors (Lipinski definition) is 4. The Labute approximate surface area is 160 Å². The van der Waals surface area contributed by atoms with E-state index < -0.39 is 0 Å². The minimum atomic E-state index is 0.288. The summed E-state index contributed by atoms with van der Waals surface area (Å²) in [5.41, 5.74) is 9.54. The largest absolute Gasteiger partial charge is 0.488 e. The topological polar surface area (TPSA) is 48.1 Å². The zero-order chi connectivity index (χ0) is 18.4. The highest BCUT2D eigenvalue weighted by molar-refractivity contribution is 8.02. The average Bonchev–Trinajstić information content (AvgIpc) is 3.17. The van der Waals surface area contributed by atoms with E-state index in [1.165, 1.54) is 24.8 Å². The second kappa shape index (κ2) is 9.13. The van der Waals surface area contributed by atoms with Crippen molar-refractivity contribution >= 4 is 28.5 Å². The molecular formula is C22H28N2OS. The van der Waals surface area contributed by atoms with Gasteiger partial charge < -0.3 is 10.5 Å². The number of anilines is 1. The van der Waals surface area contributed by atoms with Crippen molar-refractivity contribution in [3.8, 4) is 5.75 Å². The van der Waals surface area contributed by atoms with E-state index in [1.54, 1.807) is 11.8 Å².